The van der Waals surface area contributed by atoms with Crippen LogP contribution in [0.4, 0.5) is 5.69 Å². The zero-order chi connectivity index (χ0) is 18.6. The topological polar surface area (TPSA) is 84.5 Å². The molecule has 2 rings (SSSR count). The van der Waals surface area contributed by atoms with Crippen LogP contribution in [0, 0.1) is 0 Å². The summed E-state index contributed by atoms with van der Waals surface area (Å²) in [5.74, 6) is -0.221. The van der Waals surface area contributed by atoms with Crippen LogP contribution in [-0.4, -0.2) is 28.0 Å². The summed E-state index contributed by atoms with van der Waals surface area (Å²) in [4.78, 5) is 11.8. The van der Waals surface area contributed by atoms with Crippen LogP contribution in [0.1, 0.15) is 0 Å². The van der Waals surface area contributed by atoms with E-state index in [1.165, 1.54) is 31.4 Å². The Hall–Kier alpha value is -1.51. The third-order valence-electron chi connectivity index (χ3n) is 3.04. The minimum absolute atomic E-state index is 0.00572. The molecule has 2 aromatic rings. The quantitative estimate of drug-likeness (QED) is 0.744. The summed E-state index contributed by atoms with van der Waals surface area (Å²) in [5.41, 5.74) is 0.319. The molecule has 0 aromatic heterocycles. The zero-order valence-electron chi connectivity index (χ0n) is 12.8. The molecule has 0 heterocycles. The van der Waals surface area contributed by atoms with Gasteiger partial charge in [0.15, 0.2) is 0 Å². The molecule has 25 heavy (non-hydrogen) atoms. The molecule has 0 spiro atoms. The lowest BCUT2D eigenvalue weighted by Gasteiger charge is -2.12. The molecular weight excluding hydrogens is 411 g/mol. The Kier molecular flexibility index (Phi) is 6.53. The molecule has 0 fully saturated rings. The number of carbonyl (C=O) groups excluding carboxylic acids is 1. The van der Waals surface area contributed by atoms with E-state index < -0.39 is 22.5 Å². The van der Waals surface area contributed by atoms with Crippen LogP contribution < -0.4 is 14.8 Å². The van der Waals surface area contributed by atoms with Crippen molar-refractivity contribution >= 4 is 56.4 Å². The summed E-state index contributed by atoms with van der Waals surface area (Å²) >= 11 is 17.5. The fourth-order valence-electron chi connectivity index (χ4n) is 1.89. The first-order valence-electron chi connectivity index (χ1n) is 6.81. The number of carbonyl (C=O) groups is 1. The molecule has 134 valence electrons. The van der Waals surface area contributed by atoms with E-state index in [1.807, 2.05) is 0 Å². The normalized spacial score (nSPS) is 11.2. The zero-order valence-corrected chi connectivity index (χ0v) is 15.9. The Labute approximate surface area is 160 Å². The van der Waals surface area contributed by atoms with Crippen LogP contribution in [0.15, 0.2) is 41.3 Å². The molecule has 0 aliphatic carbocycles. The van der Waals surface area contributed by atoms with Crippen molar-refractivity contribution in [3.63, 3.8) is 0 Å². The smallest absolute Gasteiger partial charge is 0.242 e. The molecule has 0 unspecified atom stereocenters. The van der Waals surface area contributed by atoms with Crippen molar-refractivity contribution in [2.24, 2.45) is 0 Å². The maximum Gasteiger partial charge on any atom is 0.242 e. The van der Waals surface area contributed by atoms with Gasteiger partial charge in [0.25, 0.3) is 0 Å². The molecule has 0 aliphatic rings. The predicted octanol–water partition coefficient (Wildman–Crippen LogP) is 3.57. The van der Waals surface area contributed by atoms with Crippen molar-refractivity contribution in [3.05, 3.63) is 51.5 Å². The minimum Gasteiger partial charge on any atom is -0.495 e. The van der Waals surface area contributed by atoms with E-state index in [4.69, 9.17) is 39.5 Å². The van der Waals surface area contributed by atoms with Gasteiger partial charge in [0.05, 0.1) is 24.4 Å². The van der Waals surface area contributed by atoms with Crippen molar-refractivity contribution in [2.45, 2.75) is 4.90 Å². The number of rotatable bonds is 6. The number of anilines is 1. The van der Waals surface area contributed by atoms with Gasteiger partial charge in [-0.25, -0.2) is 13.1 Å². The largest absolute Gasteiger partial charge is 0.495 e. The summed E-state index contributed by atoms with van der Waals surface area (Å²) < 4.78 is 31.8. The third kappa shape index (κ3) is 5.23. The second kappa shape index (κ2) is 8.25. The molecule has 0 atom stereocenters. The number of ether oxygens (including phenoxy) is 1. The Morgan fingerprint density at radius 3 is 2.40 bits per heavy atom. The van der Waals surface area contributed by atoms with Crippen LogP contribution in [0.5, 0.6) is 5.75 Å². The first-order chi connectivity index (χ1) is 11.7. The van der Waals surface area contributed by atoms with Gasteiger partial charge in [-0.2, -0.15) is 0 Å². The number of halogens is 3. The lowest BCUT2D eigenvalue weighted by atomic mass is 10.3. The molecule has 2 N–H and O–H groups in total. The van der Waals surface area contributed by atoms with E-state index in [2.05, 4.69) is 10.0 Å². The van der Waals surface area contributed by atoms with Gasteiger partial charge >= 0.3 is 0 Å². The average molecular weight is 424 g/mol. The average Bonchev–Trinajstić information content (AvgIpc) is 2.55. The number of methoxy groups -OCH3 is 1. The standard InChI is InChI=1S/C15H13Cl3N2O4S/c1-24-13-5-3-9(16)6-12(13)20-15(21)8-19-25(22,23)14-7-10(17)2-4-11(14)18/h2-7,19H,8H2,1H3,(H,20,21). The highest BCUT2D eigenvalue weighted by Gasteiger charge is 2.20. The van der Waals surface area contributed by atoms with Crippen LogP contribution in [-0.2, 0) is 14.8 Å². The molecule has 2 aromatic carbocycles. The number of sulfonamides is 1. The van der Waals surface area contributed by atoms with Gasteiger partial charge in [0.2, 0.25) is 15.9 Å². The molecule has 0 aliphatic heterocycles. The van der Waals surface area contributed by atoms with Crippen LogP contribution in [0.2, 0.25) is 15.1 Å². The summed E-state index contributed by atoms with van der Waals surface area (Å²) in [6, 6.07) is 8.68. The van der Waals surface area contributed by atoms with Crippen LogP contribution in [0.3, 0.4) is 0 Å². The minimum atomic E-state index is -4.01. The first-order valence-corrected chi connectivity index (χ1v) is 9.43. The molecule has 1 amide bonds. The highest BCUT2D eigenvalue weighted by Crippen LogP contribution is 2.28. The molecule has 6 nitrogen and oxygen atoms in total. The van der Waals surface area contributed by atoms with Gasteiger partial charge in [-0.3, -0.25) is 4.79 Å². The summed E-state index contributed by atoms with van der Waals surface area (Å²) in [5, 5.41) is 3.11. The van der Waals surface area contributed by atoms with Crippen LogP contribution >= 0.6 is 34.8 Å². The van der Waals surface area contributed by atoms with Gasteiger partial charge in [-0.1, -0.05) is 34.8 Å². The maximum atomic E-state index is 12.3. The SMILES string of the molecule is COc1ccc(Cl)cc1NC(=O)CNS(=O)(=O)c1cc(Cl)ccc1Cl. The fraction of sp³-hybridized carbons (Fsp3) is 0.133. The molecule has 0 saturated carbocycles. The Bertz CT molecular complexity index is 904. The summed E-state index contributed by atoms with van der Waals surface area (Å²) in [6.07, 6.45) is 0. The number of amides is 1. The second-order valence-corrected chi connectivity index (χ2v) is 7.81. The Morgan fingerprint density at radius 2 is 1.72 bits per heavy atom. The van der Waals surface area contributed by atoms with Gasteiger partial charge in [0.1, 0.15) is 10.6 Å². The third-order valence-corrected chi connectivity index (χ3v) is 5.39. The van der Waals surface area contributed by atoms with Crippen LogP contribution in [0.25, 0.3) is 0 Å². The molecule has 10 heteroatoms. The lowest BCUT2D eigenvalue weighted by Crippen LogP contribution is -2.33. The van der Waals surface area contributed by atoms with Crippen molar-refractivity contribution in [1.29, 1.82) is 0 Å². The van der Waals surface area contributed by atoms with Crippen molar-refractivity contribution in [2.75, 3.05) is 19.0 Å². The maximum absolute atomic E-state index is 12.3. The van der Waals surface area contributed by atoms with E-state index in [9.17, 15) is 13.2 Å². The van der Waals surface area contributed by atoms with Gasteiger partial charge in [0, 0.05) is 10.0 Å². The van der Waals surface area contributed by atoms with Gasteiger partial charge in [-0.15, -0.1) is 0 Å². The predicted molar refractivity (Wildman–Crippen MR) is 98.3 cm³/mol. The fourth-order valence-corrected chi connectivity index (χ4v) is 3.81. The molecule has 0 radical (unpaired) electrons. The summed E-state index contributed by atoms with van der Waals surface area (Å²) in [6.45, 7) is -0.513. The van der Waals surface area contributed by atoms with Crippen molar-refractivity contribution in [1.82, 2.24) is 4.72 Å². The number of hydrogen-bond donors (Lipinski definition) is 2. The van der Waals surface area contributed by atoms with E-state index in [0.29, 0.717) is 16.5 Å². The monoisotopic (exact) mass is 422 g/mol. The summed E-state index contributed by atoms with van der Waals surface area (Å²) in [7, 11) is -2.58. The molecule has 0 bridgehead atoms. The highest BCUT2D eigenvalue weighted by atomic mass is 35.5. The molecule has 0 saturated heterocycles. The number of benzene rings is 2. The van der Waals surface area contributed by atoms with E-state index in [-0.39, 0.29) is 14.9 Å². The Balaban J connectivity index is 2.09. The van der Waals surface area contributed by atoms with Crippen molar-refractivity contribution in [3.8, 4) is 5.75 Å². The van der Waals surface area contributed by atoms with Crippen molar-refractivity contribution < 1.29 is 17.9 Å². The molecular formula is C15H13Cl3N2O4S. The number of nitrogens with one attached hydrogen (secondary N) is 2. The van der Waals surface area contributed by atoms with Gasteiger partial charge in [-0.05, 0) is 36.4 Å². The second-order valence-electron chi connectivity index (χ2n) is 4.79. The van der Waals surface area contributed by atoms with E-state index in [1.54, 1.807) is 12.1 Å². The first kappa shape index (κ1) is 19.8. The number of hydrogen-bond acceptors (Lipinski definition) is 4. The highest BCUT2D eigenvalue weighted by molar-refractivity contribution is 7.89. The lowest BCUT2D eigenvalue weighted by molar-refractivity contribution is -0.115. The van der Waals surface area contributed by atoms with Gasteiger partial charge < -0.3 is 10.1 Å². The Morgan fingerprint density at radius 1 is 1.08 bits per heavy atom. The van der Waals surface area contributed by atoms with E-state index >= 15 is 0 Å². The van der Waals surface area contributed by atoms with E-state index in [0.717, 1.165) is 0 Å².